The molecule has 0 amide bonds. The fourth-order valence-electron chi connectivity index (χ4n) is 1.66. The average molecular weight is 249 g/mol. The zero-order valence-electron chi connectivity index (χ0n) is 10.6. The third-order valence-corrected chi connectivity index (χ3v) is 3.38. The monoisotopic (exact) mass is 249 g/mol. The Balaban J connectivity index is 1.95. The maximum absolute atomic E-state index is 4.55. The van der Waals surface area contributed by atoms with Crippen LogP contribution in [0.5, 0.6) is 0 Å². The van der Waals surface area contributed by atoms with Crippen molar-refractivity contribution in [3.63, 3.8) is 0 Å². The highest BCUT2D eigenvalue weighted by Gasteiger charge is 2.03. The van der Waals surface area contributed by atoms with Crippen LogP contribution in [0.4, 0.5) is 0 Å². The van der Waals surface area contributed by atoms with Crippen molar-refractivity contribution in [3.05, 3.63) is 23.8 Å². The van der Waals surface area contributed by atoms with Crippen LogP contribution in [0.25, 0.3) is 11.0 Å². The Bertz CT molecular complexity index is 490. The molecule has 2 N–H and O–H groups in total. The van der Waals surface area contributed by atoms with Crippen LogP contribution >= 0.6 is 11.8 Å². The van der Waals surface area contributed by atoms with Crippen molar-refractivity contribution in [2.45, 2.75) is 32.0 Å². The van der Waals surface area contributed by atoms with Crippen LogP contribution in [0, 0.1) is 6.92 Å². The van der Waals surface area contributed by atoms with Crippen LogP contribution in [0.1, 0.15) is 19.4 Å². The number of imidazole rings is 1. The molecule has 0 atom stereocenters. The lowest BCUT2D eigenvalue weighted by Gasteiger charge is -2.05. The molecule has 2 aromatic rings. The molecule has 1 aromatic heterocycles. The number of rotatable bonds is 5. The first-order chi connectivity index (χ1) is 8.15. The van der Waals surface area contributed by atoms with Crippen LogP contribution in [0.2, 0.25) is 0 Å². The van der Waals surface area contributed by atoms with Gasteiger partial charge in [-0.2, -0.15) is 0 Å². The van der Waals surface area contributed by atoms with E-state index >= 15 is 0 Å². The van der Waals surface area contributed by atoms with Gasteiger partial charge >= 0.3 is 0 Å². The Kier molecular flexibility index (Phi) is 4.07. The van der Waals surface area contributed by atoms with Gasteiger partial charge in [0.1, 0.15) is 0 Å². The summed E-state index contributed by atoms with van der Waals surface area (Å²) in [6.07, 6.45) is 0. The number of hydrogen-bond acceptors (Lipinski definition) is 3. The smallest absolute Gasteiger partial charge is 0.166 e. The molecule has 0 aliphatic heterocycles. The molecular weight excluding hydrogens is 230 g/mol. The van der Waals surface area contributed by atoms with Crippen LogP contribution in [-0.2, 0) is 0 Å². The number of nitrogens with one attached hydrogen (secondary N) is 2. The summed E-state index contributed by atoms with van der Waals surface area (Å²) < 4.78 is 0. The lowest BCUT2D eigenvalue weighted by molar-refractivity contribution is 0.616. The summed E-state index contributed by atoms with van der Waals surface area (Å²) in [6.45, 7) is 7.43. The van der Waals surface area contributed by atoms with Crippen molar-refractivity contribution in [3.8, 4) is 0 Å². The number of fused-ring (bicyclic) bond motifs is 1. The maximum Gasteiger partial charge on any atom is 0.166 e. The van der Waals surface area contributed by atoms with Gasteiger partial charge in [0.2, 0.25) is 0 Å². The van der Waals surface area contributed by atoms with E-state index in [2.05, 4.69) is 54.3 Å². The van der Waals surface area contributed by atoms with Crippen molar-refractivity contribution in [1.82, 2.24) is 15.3 Å². The van der Waals surface area contributed by atoms with E-state index in [9.17, 15) is 0 Å². The molecule has 0 bridgehead atoms. The summed E-state index contributed by atoms with van der Waals surface area (Å²) in [6, 6.07) is 6.85. The first-order valence-corrected chi connectivity index (χ1v) is 6.96. The molecule has 0 fully saturated rings. The van der Waals surface area contributed by atoms with E-state index in [4.69, 9.17) is 0 Å². The highest BCUT2D eigenvalue weighted by molar-refractivity contribution is 7.99. The number of aromatic amines is 1. The zero-order valence-corrected chi connectivity index (χ0v) is 11.4. The fraction of sp³-hybridized carbons (Fsp3) is 0.462. The first kappa shape index (κ1) is 12.5. The molecule has 92 valence electrons. The average Bonchev–Trinajstić information content (AvgIpc) is 2.66. The van der Waals surface area contributed by atoms with E-state index in [0.717, 1.165) is 28.5 Å². The summed E-state index contributed by atoms with van der Waals surface area (Å²) in [4.78, 5) is 7.90. The van der Waals surface area contributed by atoms with E-state index in [1.807, 2.05) is 0 Å². The van der Waals surface area contributed by atoms with E-state index in [-0.39, 0.29) is 0 Å². The number of benzene rings is 1. The SMILES string of the molecule is Cc1ccc2nc(SCCNC(C)C)[nH]c2c1. The third kappa shape index (κ3) is 3.48. The number of H-pyrrole nitrogens is 1. The van der Waals surface area contributed by atoms with Crippen LogP contribution < -0.4 is 5.32 Å². The second kappa shape index (κ2) is 5.56. The van der Waals surface area contributed by atoms with Gasteiger partial charge < -0.3 is 10.3 Å². The van der Waals surface area contributed by atoms with E-state index in [0.29, 0.717) is 6.04 Å². The lowest BCUT2D eigenvalue weighted by Crippen LogP contribution is -2.24. The highest BCUT2D eigenvalue weighted by atomic mass is 32.2. The van der Waals surface area contributed by atoms with Crippen molar-refractivity contribution < 1.29 is 0 Å². The van der Waals surface area contributed by atoms with Crippen LogP contribution in [0.15, 0.2) is 23.4 Å². The molecule has 0 aliphatic carbocycles. The molecule has 0 spiro atoms. The molecule has 0 saturated carbocycles. The minimum absolute atomic E-state index is 0.550. The Morgan fingerprint density at radius 3 is 3.00 bits per heavy atom. The summed E-state index contributed by atoms with van der Waals surface area (Å²) in [7, 11) is 0. The van der Waals surface area contributed by atoms with Gasteiger partial charge in [0.05, 0.1) is 11.0 Å². The van der Waals surface area contributed by atoms with Crippen LogP contribution in [0.3, 0.4) is 0 Å². The van der Waals surface area contributed by atoms with Crippen molar-refractivity contribution in [2.24, 2.45) is 0 Å². The van der Waals surface area contributed by atoms with Gasteiger partial charge in [-0.05, 0) is 24.6 Å². The number of aryl methyl sites for hydroxylation is 1. The van der Waals surface area contributed by atoms with Gasteiger partial charge in [-0.3, -0.25) is 0 Å². The minimum atomic E-state index is 0.550. The fourth-order valence-corrected chi connectivity index (χ4v) is 2.42. The number of hydrogen-bond donors (Lipinski definition) is 2. The molecular formula is C13H19N3S. The Hall–Kier alpha value is -1.00. The van der Waals surface area contributed by atoms with Gasteiger partial charge in [0.25, 0.3) is 0 Å². The highest BCUT2D eigenvalue weighted by Crippen LogP contribution is 2.19. The van der Waals surface area contributed by atoms with Crippen LogP contribution in [-0.4, -0.2) is 28.3 Å². The quantitative estimate of drug-likeness (QED) is 0.632. The Labute approximate surface area is 106 Å². The largest absolute Gasteiger partial charge is 0.333 e. The van der Waals surface area contributed by atoms with Gasteiger partial charge in [-0.15, -0.1) is 0 Å². The molecule has 1 aromatic carbocycles. The predicted octanol–water partition coefficient (Wildman–Crippen LogP) is 2.96. The second-order valence-corrected chi connectivity index (χ2v) is 5.60. The molecule has 1 heterocycles. The van der Waals surface area contributed by atoms with Gasteiger partial charge in [-0.1, -0.05) is 31.7 Å². The maximum atomic E-state index is 4.55. The summed E-state index contributed by atoms with van der Waals surface area (Å²) in [5.74, 6) is 1.04. The van der Waals surface area contributed by atoms with Crippen molar-refractivity contribution in [1.29, 1.82) is 0 Å². The molecule has 0 aliphatic rings. The number of nitrogens with zero attached hydrogens (tertiary/aromatic N) is 1. The van der Waals surface area contributed by atoms with E-state index < -0.39 is 0 Å². The predicted molar refractivity (Wildman–Crippen MR) is 74.7 cm³/mol. The Morgan fingerprint density at radius 2 is 2.24 bits per heavy atom. The number of thioether (sulfide) groups is 1. The van der Waals surface area contributed by atoms with Gasteiger partial charge in [0, 0.05) is 18.3 Å². The van der Waals surface area contributed by atoms with E-state index in [1.54, 1.807) is 11.8 Å². The molecule has 17 heavy (non-hydrogen) atoms. The third-order valence-electron chi connectivity index (χ3n) is 2.51. The normalized spacial score (nSPS) is 11.5. The molecule has 4 heteroatoms. The number of aromatic nitrogens is 2. The summed E-state index contributed by atoms with van der Waals surface area (Å²) >= 11 is 1.76. The Morgan fingerprint density at radius 1 is 1.41 bits per heavy atom. The molecule has 0 unspecified atom stereocenters. The molecule has 0 saturated heterocycles. The van der Waals surface area contributed by atoms with E-state index in [1.165, 1.54) is 5.56 Å². The standard InChI is InChI=1S/C13H19N3S/c1-9(2)14-6-7-17-13-15-11-5-4-10(3)8-12(11)16-13/h4-5,8-9,14H,6-7H2,1-3H3,(H,15,16). The van der Waals surface area contributed by atoms with Crippen molar-refractivity contribution >= 4 is 22.8 Å². The molecule has 2 rings (SSSR count). The topological polar surface area (TPSA) is 40.7 Å². The van der Waals surface area contributed by atoms with Gasteiger partial charge in [0.15, 0.2) is 5.16 Å². The van der Waals surface area contributed by atoms with Crippen molar-refractivity contribution in [2.75, 3.05) is 12.3 Å². The summed E-state index contributed by atoms with van der Waals surface area (Å²) in [5, 5.41) is 4.41. The zero-order chi connectivity index (χ0) is 12.3. The second-order valence-electron chi connectivity index (χ2n) is 4.52. The molecule has 3 nitrogen and oxygen atoms in total. The first-order valence-electron chi connectivity index (χ1n) is 5.97. The summed E-state index contributed by atoms with van der Waals surface area (Å²) in [5.41, 5.74) is 3.44. The molecule has 0 radical (unpaired) electrons. The minimum Gasteiger partial charge on any atom is -0.333 e. The lowest BCUT2D eigenvalue weighted by atomic mass is 10.2. The van der Waals surface area contributed by atoms with Gasteiger partial charge in [-0.25, -0.2) is 4.98 Å².